The number of aliphatic hydroxyl groups is 1. The fourth-order valence-corrected chi connectivity index (χ4v) is 11.0. The molecular weight excluding hydrogens is 1090 g/mol. The minimum Gasteiger partial charge on any atom is -0.462 e. The number of phosphoric acid groups is 2. The van der Waals surface area contributed by atoms with Crippen LogP contribution in [0.4, 0.5) is 0 Å². The van der Waals surface area contributed by atoms with Crippen LogP contribution >= 0.6 is 15.6 Å². The molecule has 0 rings (SSSR count). The molecule has 82 heavy (non-hydrogen) atoms. The van der Waals surface area contributed by atoms with Gasteiger partial charge in [-0.3, -0.25) is 37.3 Å². The van der Waals surface area contributed by atoms with Crippen molar-refractivity contribution < 1.29 is 80.2 Å². The van der Waals surface area contributed by atoms with Crippen LogP contribution in [0.2, 0.25) is 0 Å². The topological polar surface area (TPSA) is 237 Å². The van der Waals surface area contributed by atoms with E-state index >= 15 is 0 Å². The van der Waals surface area contributed by atoms with Crippen molar-refractivity contribution in [1.82, 2.24) is 0 Å². The van der Waals surface area contributed by atoms with Gasteiger partial charge in [-0.1, -0.05) is 266 Å². The SMILES string of the molecule is CCCCCCCCCCCCCCCCCCCCCCC(=O)O[C@H](COC(=O)CCCCCCCCC(C)C)COP(=O)(O)OC[C@@H](O)COP(=O)(O)OC[C@@H](COC(=O)CCCCCCC)OC(=O)CCCCCCCCCC. The van der Waals surface area contributed by atoms with Crippen molar-refractivity contribution in [1.29, 1.82) is 0 Å². The second-order valence-corrected chi connectivity index (χ2v) is 26.2. The number of ether oxygens (including phenoxy) is 4. The first-order valence-corrected chi connectivity index (χ1v) is 36.1. The molecule has 0 heterocycles. The Labute approximate surface area is 498 Å². The Morgan fingerprint density at radius 2 is 0.561 bits per heavy atom. The lowest BCUT2D eigenvalue weighted by Crippen LogP contribution is -2.30. The number of aliphatic hydroxyl groups excluding tert-OH is 1. The zero-order valence-corrected chi connectivity index (χ0v) is 54.4. The average molecular weight is 1210 g/mol. The van der Waals surface area contributed by atoms with E-state index in [0.29, 0.717) is 31.6 Å². The van der Waals surface area contributed by atoms with E-state index in [4.69, 9.17) is 37.0 Å². The normalized spacial score (nSPS) is 14.3. The Bertz CT molecular complexity index is 1600. The summed E-state index contributed by atoms with van der Waals surface area (Å²) in [6, 6.07) is 0. The van der Waals surface area contributed by atoms with E-state index < -0.39 is 97.5 Å². The maximum Gasteiger partial charge on any atom is 0.472 e. The van der Waals surface area contributed by atoms with Crippen LogP contribution in [0.5, 0.6) is 0 Å². The summed E-state index contributed by atoms with van der Waals surface area (Å²) in [5.41, 5.74) is 0. The molecule has 0 aromatic heterocycles. The fourth-order valence-electron chi connectivity index (χ4n) is 9.41. The van der Waals surface area contributed by atoms with Crippen LogP contribution in [-0.2, 0) is 65.4 Å². The summed E-state index contributed by atoms with van der Waals surface area (Å²) < 4.78 is 67.6. The maximum absolute atomic E-state index is 13.0. The number of esters is 4. The molecule has 0 fully saturated rings. The summed E-state index contributed by atoms with van der Waals surface area (Å²) in [6.45, 7) is 6.98. The third kappa shape index (κ3) is 57.2. The van der Waals surface area contributed by atoms with Gasteiger partial charge in [0, 0.05) is 25.7 Å². The largest absolute Gasteiger partial charge is 0.472 e. The van der Waals surface area contributed by atoms with Gasteiger partial charge in [0.15, 0.2) is 12.2 Å². The van der Waals surface area contributed by atoms with E-state index in [9.17, 15) is 43.2 Å². The van der Waals surface area contributed by atoms with Crippen LogP contribution in [0.3, 0.4) is 0 Å². The Morgan fingerprint density at radius 1 is 0.329 bits per heavy atom. The molecule has 486 valence electrons. The lowest BCUT2D eigenvalue weighted by Gasteiger charge is -2.21. The number of carbonyl (C=O) groups is 4. The van der Waals surface area contributed by atoms with Crippen LogP contribution in [0.15, 0.2) is 0 Å². The molecule has 0 spiro atoms. The predicted molar refractivity (Wildman–Crippen MR) is 326 cm³/mol. The van der Waals surface area contributed by atoms with Gasteiger partial charge in [-0.05, 0) is 31.6 Å². The quantitative estimate of drug-likeness (QED) is 0.0222. The first-order valence-electron chi connectivity index (χ1n) is 33.1. The Kier molecular flexibility index (Phi) is 55.5. The molecule has 0 amide bonds. The lowest BCUT2D eigenvalue weighted by atomic mass is 10.0. The third-order valence-corrected chi connectivity index (χ3v) is 16.4. The first-order chi connectivity index (χ1) is 39.5. The fraction of sp³-hybridized carbons (Fsp3) is 0.937. The van der Waals surface area contributed by atoms with Gasteiger partial charge in [-0.2, -0.15) is 0 Å². The highest BCUT2D eigenvalue weighted by molar-refractivity contribution is 7.47. The second kappa shape index (κ2) is 56.8. The summed E-state index contributed by atoms with van der Waals surface area (Å²) in [6.07, 6.45) is 41.1. The zero-order valence-electron chi connectivity index (χ0n) is 52.6. The van der Waals surface area contributed by atoms with E-state index in [0.717, 1.165) is 109 Å². The smallest absolute Gasteiger partial charge is 0.462 e. The summed E-state index contributed by atoms with van der Waals surface area (Å²) in [7, 11) is -9.87. The van der Waals surface area contributed by atoms with Gasteiger partial charge in [-0.15, -0.1) is 0 Å². The Hall–Kier alpha value is -1.94. The van der Waals surface area contributed by atoms with E-state index in [1.54, 1.807) is 0 Å². The molecule has 5 atom stereocenters. The first kappa shape index (κ1) is 80.1. The summed E-state index contributed by atoms with van der Waals surface area (Å²) >= 11 is 0. The molecule has 2 unspecified atom stereocenters. The molecule has 0 saturated carbocycles. The summed E-state index contributed by atoms with van der Waals surface area (Å²) in [5, 5.41) is 10.5. The van der Waals surface area contributed by atoms with Crippen LogP contribution in [0, 0.1) is 5.92 Å². The molecule has 0 radical (unpaired) electrons. The number of carbonyl (C=O) groups excluding carboxylic acids is 4. The summed E-state index contributed by atoms with van der Waals surface area (Å²) in [4.78, 5) is 71.7. The van der Waals surface area contributed by atoms with Crippen molar-refractivity contribution in [2.24, 2.45) is 5.92 Å². The van der Waals surface area contributed by atoms with E-state index in [1.807, 2.05) is 0 Å². The number of unbranched alkanes of at least 4 members (excludes halogenated alkanes) is 35. The van der Waals surface area contributed by atoms with Gasteiger partial charge in [0.2, 0.25) is 0 Å². The van der Waals surface area contributed by atoms with E-state index in [2.05, 4.69) is 34.6 Å². The van der Waals surface area contributed by atoms with Crippen LogP contribution in [0.25, 0.3) is 0 Å². The van der Waals surface area contributed by atoms with Crippen molar-refractivity contribution in [2.75, 3.05) is 39.6 Å². The number of hydrogen-bond donors (Lipinski definition) is 3. The molecule has 19 heteroatoms. The molecule has 0 aromatic rings. The van der Waals surface area contributed by atoms with Crippen molar-refractivity contribution >= 4 is 39.5 Å². The highest BCUT2D eigenvalue weighted by Crippen LogP contribution is 2.45. The van der Waals surface area contributed by atoms with Gasteiger partial charge >= 0.3 is 39.5 Å². The van der Waals surface area contributed by atoms with Gasteiger partial charge in [0.05, 0.1) is 26.4 Å². The number of rotatable bonds is 63. The second-order valence-electron chi connectivity index (χ2n) is 23.3. The molecule has 0 saturated heterocycles. The minimum absolute atomic E-state index is 0.104. The molecule has 0 aliphatic rings. The van der Waals surface area contributed by atoms with E-state index in [-0.39, 0.29) is 25.7 Å². The molecule has 0 aromatic carbocycles. The zero-order chi connectivity index (χ0) is 60.6. The number of hydrogen-bond acceptors (Lipinski definition) is 15. The summed E-state index contributed by atoms with van der Waals surface area (Å²) in [5.74, 6) is -1.47. The monoisotopic (exact) mass is 1210 g/mol. The average Bonchev–Trinajstić information content (AvgIpc) is 3.46. The van der Waals surface area contributed by atoms with Crippen molar-refractivity contribution in [3.63, 3.8) is 0 Å². The van der Waals surface area contributed by atoms with Crippen molar-refractivity contribution in [2.45, 2.75) is 335 Å². The van der Waals surface area contributed by atoms with Gasteiger partial charge in [0.1, 0.15) is 19.3 Å². The van der Waals surface area contributed by atoms with Gasteiger partial charge < -0.3 is 33.8 Å². The van der Waals surface area contributed by atoms with Gasteiger partial charge in [-0.25, -0.2) is 9.13 Å². The Morgan fingerprint density at radius 3 is 0.829 bits per heavy atom. The van der Waals surface area contributed by atoms with Gasteiger partial charge in [0.25, 0.3) is 0 Å². The molecule has 0 aliphatic carbocycles. The lowest BCUT2D eigenvalue weighted by molar-refractivity contribution is -0.161. The molecule has 0 aliphatic heterocycles. The van der Waals surface area contributed by atoms with Crippen LogP contribution in [0.1, 0.15) is 317 Å². The molecule has 17 nitrogen and oxygen atoms in total. The highest BCUT2D eigenvalue weighted by atomic mass is 31.2. The van der Waals surface area contributed by atoms with Crippen LogP contribution < -0.4 is 0 Å². The number of phosphoric ester groups is 2. The van der Waals surface area contributed by atoms with Crippen molar-refractivity contribution in [3.8, 4) is 0 Å². The van der Waals surface area contributed by atoms with Crippen molar-refractivity contribution in [3.05, 3.63) is 0 Å². The standard InChI is InChI=1S/C63H122O17P2/c1-6-9-12-15-17-19-20-21-22-23-24-25-26-27-28-29-30-32-39-44-49-63(68)80-59(53-74-61(66)47-42-37-34-33-36-40-45-56(4)5)55-78-82(71,72)76-51-57(64)50-75-81(69,70)77-54-58(52-73-60(65)46-41-35-14-11-8-3)79-62(67)48-43-38-31-18-16-13-10-7-2/h56-59,64H,6-55H2,1-5H3,(H,69,70)(H,71,72)/t57-,58+,59+/m0/s1. The Balaban J connectivity index is 5.06. The molecule has 0 bridgehead atoms. The van der Waals surface area contributed by atoms with Crippen LogP contribution in [-0.4, -0.2) is 96.7 Å². The predicted octanol–water partition coefficient (Wildman–Crippen LogP) is 17.4. The highest BCUT2D eigenvalue weighted by Gasteiger charge is 2.30. The maximum atomic E-state index is 13.0. The molecule has 3 N–H and O–H groups in total. The third-order valence-electron chi connectivity index (χ3n) is 14.5. The minimum atomic E-state index is -4.94. The van der Waals surface area contributed by atoms with E-state index in [1.165, 1.54) is 122 Å². The molecular formula is C63H122O17P2.